The van der Waals surface area contributed by atoms with Crippen LogP contribution in [0.3, 0.4) is 0 Å². The Labute approximate surface area is 146 Å². The van der Waals surface area contributed by atoms with Gasteiger partial charge in [-0.3, -0.25) is 9.69 Å². The van der Waals surface area contributed by atoms with Gasteiger partial charge in [0.2, 0.25) is 0 Å². The third-order valence-corrected chi connectivity index (χ3v) is 5.28. The maximum atomic E-state index is 11.3. The molecule has 24 heavy (non-hydrogen) atoms. The molecule has 1 fully saturated rings. The van der Waals surface area contributed by atoms with Gasteiger partial charge in [-0.25, -0.2) is 4.98 Å². The first kappa shape index (κ1) is 16.9. The van der Waals surface area contributed by atoms with Crippen molar-refractivity contribution < 1.29 is 9.53 Å². The molecule has 1 aromatic carbocycles. The molecule has 0 unspecified atom stereocenters. The van der Waals surface area contributed by atoms with Crippen molar-refractivity contribution in [2.75, 3.05) is 32.1 Å². The molecular weight excluding hydrogens is 322 g/mol. The first-order chi connectivity index (χ1) is 11.6. The third kappa shape index (κ3) is 4.33. The molecule has 6 heteroatoms. The average molecular weight is 345 g/mol. The maximum absolute atomic E-state index is 11.3. The average Bonchev–Trinajstić information content (AvgIpc) is 3.03. The van der Waals surface area contributed by atoms with Crippen LogP contribution in [-0.2, 0) is 9.53 Å². The van der Waals surface area contributed by atoms with E-state index in [1.54, 1.807) is 11.3 Å². The van der Waals surface area contributed by atoms with Crippen molar-refractivity contribution in [1.29, 1.82) is 0 Å². The molecule has 1 N–H and O–H groups in total. The first-order valence-electron chi connectivity index (χ1n) is 8.22. The molecule has 2 aromatic rings. The number of nitrogens with zero attached hydrogens (tertiary/aromatic N) is 2. The lowest BCUT2D eigenvalue weighted by Crippen LogP contribution is -2.41. The molecule has 0 spiro atoms. The molecule has 0 amide bonds. The Hall–Kier alpha value is -1.92. The number of nitrogens with one attached hydrogen (secondary N) is 1. The standard InChI is InChI=1S/C18H23N3O2S/c1-13-12-24-18(19-13)14-4-3-5-16(10-14)20-15-6-8-21(9-7-15)11-17(22)23-2/h3-5,10,12,15,20H,6-9,11H2,1-2H3. The zero-order valence-corrected chi connectivity index (χ0v) is 14.9. The van der Waals surface area contributed by atoms with Crippen molar-refractivity contribution in [3.63, 3.8) is 0 Å². The fourth-order valence-electron chi connectivity index (χ4n) is 2.95. The van der Waals surface area contributed by atoms with Crippen LogP contribution in [0.25, 0.3) is 10.6 Å². The second kappa shape index (κ2) is 7.77. The van der Waals surface area contributed by atoms with Crippen molar-refractivity contribution in [2.45, 2.75) is 25.8 Å². The lowest BCUT2D eigenvalue weighted by molar-refractivity contribution is -0.142. The molecule has 2 heterocycles. The van der Waals surface area contributed by atoms with Gasteiger partial charge in [0.1, 0.15) is 5.01 Å². The number of hydrogen-bond donors (Lipinski definition) is 1. The summed E-state index contributed by atoms with van der Waals surface area (Å²) in [6.45, 7) is 4.24. The number of piperidine rings is 1. The normalized spacial score (nSPS) is 16.1. The van der Waals surface area contributed by atoms with Gasteiger partial charge >= 0.3 is 5.97 Å². The van der Waals surface area contributed by atoms with Crippen LogP contribution in [0.4, 0.5) is 5.69 Å². The number of carbonyl (C=O) groups excluding carboxylic acids is 1. The van der Waals surface area contributed by atoms with E-state index in [1.165, 1.54) is 7.11 Å². The van der Waals surface area contributed by atoms with Gasteiger partial charge in [0, 0.05) is 41.5 Å². The number of esters is 1. The summed E-state index contributed by atoms with van der Waals surface area (Å²) in [4.78, 5) is 18.0. The quantitative estimate of drug-likeness (QED) is 0.844. The minimum atomic E-state index is -0.159. The summed E-state index contributed by atoms with van der Waals surface area (Å²) in [5.41, 5.74) is 3.35. The highest BCUT2D eigenvalue weighted by atomic mass is 32.1. The SMILES string of the molecule is COC(=O)CN1CCC(Nc2cccc(-c3nc(C)cs3)c2)CC1. The number of ether oxygens (including phenoxy) is 1. The molecule has 0 bridgehead atoms. The molecule has 0 saturated carbocycles. The Balaban J connectivity index is 1.56. The number of benzene rings is 1. The topological polar surface area (TPSA) is 54.5 Å². The van der Waals surface area contributed by atoms with Crippen molar-refractivity contribution in [2.24, 2.45) is 0 Å². The summed E-state index contributed by atoms with van der Waals surface area (Å²) in [6.07, 6.45) is 2.05. The number of aryl methyl sites for hydroxylation is 1. The fraction of sp³-hybridized carbons (Fsp3) is 0.444. The molecule has 1 aliphatic heterocycles. The summed E-state index contributed by atoms with van der Waals surface area (Å²) in [7, 11) is 1.44. The van der Waals surface area contributed by atoms with Crippen molar-refractivity contribution in [1.82, 2.24) is 9.88 Å². The fourth-order valence-corrected chi connectivity index (χ4v) is 3.74. The minimum Gasteiger partial charge on any atom is -0.468 e. The largest absolute Gasteiger partial charge is 0.468 e. The van der Waals surface area contributed by atoms with Crippen LogP contribution in [0.1, 0.15) is 18.5 Å². The van der Waals surface area contributed by atoms with E-state index < -0.39 is 0 Å². The zero-order valence-electron chi connectivity index (χ0n) is 14.1. The minimum absolute atomic E-state index is 0.159. The van der Waals surface area contributed by atoms with Gasteiger partial charge in [-0.05, 0) is 31.9 Å². The van der Waals surface area contributed by atoms with Crippen LogP contribution in [-0.4, -0.2) is 48.6 Å². The van der Waals surface area contributed by atoms with E-state index in [0.29, 0.717) is 12.6 Å². The van der Waals surface area contributed by atoms with Crippen molar-refractivity contribution >= 4 is 23.0 Å². The van der Waals surface area contributed by atoms with Gasteiger partial charge in [0.05, 0.1) is 13.7 Å². The smallest absolute Gasteiger partial charge is 0.319 e. The molecule has 0 radical (unpaired) electrons. The highest BCUT2D eigenvalue weighted by Gasteiger charge is 2.21. The van der Waals surface area contributed by atoms with Gasteiger partial charge in [-0.2, -0.15) is 0 Å². The summed E-state index contributed by atoms with van der Waals surface area (Å²) >= 11 is 1.68. The lowest BCUT2D eigenvalue weighted by atomic mass is 10.0. The second-order valence-corrected chi connectivity index (χ2v) is 7.00. The lowest BCUT2D eigenvalue weighted by Gasteiger charge is -2.32. The van der Waals surface area contributed by atoms with Gasteiger partial charge in [-0.1, -0.05) is 12.1 Å². The summed E-state index contributed by atoms with van der Waals surface area (Å²) in [6, 6.07) is 8.87. The monoisotopic (exact) mass is 345 g/mol. The number of thiazole rings is 1. The molecule has 128 valence electrons. The molecular formula is C18H23N3O2S. The van der Waals surface area contributed by atoms with Crippen molar-refractivity contribution in [3.8, 4) is 10.6 Å². The number of likely N-dealkylation sites (tertiary alicyclic amines) is 1. The Morgan fingerprint density at radius 1 is 1.42 bits per heavy atom. The van der Waals surface area contributed by atoms with E-state index in [-0.39, 0.29) is 5.97 Å². The molecule has 1 saturated heterocycles. The highest BCUT2D eigenvalue weighted by molar-refractivity contribution is 7.13. The van der Waals surface area contributed by atoms with Gasteiger partial charge in [0.15, 0.2) is 0 Å². The number of hydrogen-bond acceptors (Lipinski definition) is 6. The summed E-state index contributed by atoms with van der Waals surface area (Å²) in [5.74, 6) is -0.159. The van der Waals surface area contributed by atoms with Crippen LogP contribution in [0.15, 0.2) is 29.6 Å². The molecule has 3 rings (SSSR count). The Kier molecular flexibility index (Phi) is 5.48. The van der Waals surface area contributed by atoms with Crippen LogP contribution in [0.2, 0.25) is 0 Å². The van der Waals surface area contributed by atoms with Gasteiger partial charge in [0.25, 0.3) is 0 Å². The van der Waals surface area contributed by atoms with E-state index >= 15 is 0 Å². The van der Waals surface area contributed by atoms with E-state index in [1.807, 2.05) is 6.92 Å². The molecule has 0 aliphatic carbocycles. The van der Waals surface area contributed by atoms with Crippen LogP contribution in [0, 0.1) is 6.92 Å². The van der Waals surface area contributed by atoms with Gasteiger partial charge < -0.3 is 10.1 Å². The second-order valence-electron chi connectivity index (χ2n) is 6.15. The molecule has 1 aliphatic rings. The number of anilines is 1. The van der Waals surface area contributed by atoms with Crippen LogP contribution in [0.5, 0.6) is 0 Å². The Morgan fingerprint density at radius 2 is 2.21 bits per heavy atom. The third-order valence-electron chi connectivity index (χ3n) is 4.27. The predicted octanol–water partition coefficient (Wildman–Crippen LogP) is 3.17. The number of rotatable bonds is 5. The summed E-state index contributed by atoms with van der Waals surface area (Å²) in [5, 5.41) is 6.75. The maximum Gasteiger partial charge on any atom is 0.319 e. The van der Waals surface area contributed by atoms with Crippen LogP contribution < -0.4 is 5.32 Å². The summed E-state index contributed by atoms with van der Waals surface area (Å²) < 4.78 is 4.73. The van der Waals surface area contributed by atoms with E-state index in [9.17, 15) is 4.79 Å². The van der Waals surface area contributed by atoms with E-state index in [0.717, 1.165) is 47.9 Å². The Morgan fingerprint density at radius 3 is 2.88 bits per heavy atom. The molecule has 5 nitrogen and oxygen atoms in total. The number of carbonyl (C=O) groups is 1. The predicted molar refractivity (Wildman–Crippen MR) is 97.4 cm³/mol. The van der Waals surface area contributed by atoms with Gasteiger partial charge in [-0.15, -0.1) is 11.3 Å². The van der Waals surface area contributed by atoms with Crippen molar-refractivity contribution in [3.05, 3.63) is 35.3 Å². The van der Waals surface area contributed by atoms with E-state index in [2.05, 4.69) is 44.8 Å². The Bertz CT molecular complexity index is 693. The number of methoxy groups -OCH3 is 1. The van der Waals surface area contributed by atoms with Crippen LogP contribution >= 0.6 is 11.3 Å². The molecule has 0 atom stereocenters. The zero-order chi connectivity index (χ0) is 16.9. The van der Waals surface area contributed by atoms with E-state index in [4.69, 9.17) is 4.74 Å². The number of aromatic nitrogens is 1. The highest BCUT2D eigenvalue weighted by Crippen LogP contribution is 2.26. The molecule has 1 aromatic heterocycles. The first-order valence-corrected chi connectivity index (χ1v) is 9.10.